The normalized spacial score (nSPS) is 30.0. The minimum Gasteiger partial charge on any atom is -0.463 e. The lowest BCUT2D eigenvalue weighted by molar-refractivity contribution is -0.320. The zero-order chi connectivity index (χ0) is 35.6. The van der Waals surface area contributed by atoms with Gasteiger partial charge >= 0.3 is 41.8 Å². The second-order valence-electron chi connectivity index (χ2n) is 10.4. The van der Waals surface area contributed by atoms with Crippen molar-refractivity contribution in [1.29, 1.82) is 0 Å². The molecular weight excluding hydrogens is 638 g/mol. The van der Waals surface area contributed by atoms with E-state index in [-0.39, 0.29) is 0 Å². The first-order valence-electron chi connectivity index (χ1n) is 14.3. The molecule has 19 nitrogen and oxygen atoms in total. The van der Waals surface area contributed by atoms with Crippen LogP contribution in [0.15, 0.2) is 0 Å². The Balaban J connectivity index is 2.56. The van der Waals surface area contributed by atoms with E-state index in [1.54, 1.807) is 0 Å². The number of ether oxygens (including phenoxy) is 10. The summed E-state index contributed by atoms with van der Waals surface area (Å²) in [5.74, 6) is -6.56. The molecule has 10 atom stereocenters. The lowest BCUT2D eigenvalue weighted by atomic mass is 9.96. The summed E-state index contributed by atoms with van der Waals surface area (Å²) in [4.78, 5) is 96.1. The molecule has 0 radical (unpaired) electrons. The second-order valence-corrected chi connectivity index (χ2v) is 10.4. The van der Waals surface area contributed by atoms with Gasteiger partial charge in [0.2, 0.25) is 5.91 Å². The Morgan fingerprint density at radius 3 is 1.28 bits per heavy atom. The molecule has 0 aromatic heterocycles. The molecule has 1 amide bonds. The third-order valence-corrected chi connectivity index (χ3v) is 6.26. The van der Waals surface area contributed by atoms with Gasteiger partial charge in [0.1, 0.15) is 18.8 Å². The average molecular weight is 678 g/mol. The van der Waals surface area contributed by atoms with Crippen molar-refractivity contribution in [2.45, 2.75) is 117 Å². The molecule has 0 aliphatic carbocycles. The topological polar surface area (TPSA) is 241 Å². The van der Waals surface area contributed by atoms with E-state index in [1.807, 2.05) is 0 Å². The fraction of sp³-hybridized carbons (Fsp3) is 0.714. The smallest absolute Gasteiger partial charge is 0.303 e. The molecule has 19 heteroatoms. The molecule has 1 N–H and O–H groups in total. The van der Waals surface area contributed by atoms with Crippen molar-refractivity contribution in [1.82, 2.24) is 5.32 Å². The minimum absolute atomic E-state index is 0.531. The molecular formula is C28H39NO18. The van der Waals surface area contributed by atoms with Crippen molar-refractivity contribution in [2.24, 2.45) is 0 Å². The quantitative estimate of drug-likeness (QED) is 0.187. The molecule has 2 fully saturated rings. The number of hydrogen-bond acceptors (Lipinski definition) is 18. The average Bonchev–Trinajstić information content (AvgIpc) is 2.91. The Bertz CT molecular complexity index is 1200. The van der Waals surface area contributed by atoms with Crippen LogP contribution in [0.2, 0.25) is 0 Å². The summed E-state index contributed by atoms with van der Waals surface area (Å²) in [5.41, 5.74) is 0. The van der Waals surface area contributed by atoms with Crippen molar-refractivity contribution in [2.75, 3.05) is 13.2 Å². The van der Waals surface area contributed by atoms with Crippen LogP contribution in [0.3, 0.4) is 0 Å². The van der Waals surface area contributed by atoms with Gasteiger partial charge in [-0.3, -0.25) is 38.4 Å². The van der Waals surface area contributed by atoms with Crippen molar-refractivity contribution < 1.29 is 85.7 Å². The van der Waals surface area contributed by atoms with E-state index < -0.39 is 122 Å². The summed E-state index contributed by atoms with van der Waals surface area (Å²) in [7, 11) is 0. The van der Waals surface area contributed by atoms with Gasteiger partial charge in [-0.25, -0.2) is 0 Å². The Kier molecular flexibility index (Phi) is 14.5. The molecule has 0 aromatic carbocycles. The number of nitrogens with one attached hydrogen (secondary N) is 1. The molecule has 0 aromatic rings. The summed E-state index contributed by atoms with van der Waals surface area (Å²) in [6.45, 7) is 7.34. The molecule has 2 rings (SSSR count). The predicted molar refractivity (Wildman–Crippen MR) is 147 cm³/mol. The molecule has 2 saturated heterocycles. The molecule has 2 aliphatic heterocycles. The number of carbonyl (C=O) groups is 8. The van der Waals surface area contributed by atoms with Gasteiger partial charge in [0.05, 0.1) is 6.61 Å². The molecule has 0 bridgehead atoms. The minimum atomic E-state index is -1.66. The van der Waals surface area contributed by atoms with Crippen LogP contribution in [0.1, 0.15) is 55.4 Å². The van der Waals surface area contributed by atoms with E-state index in [1.165, 1.54) is 0 Å². The first-order chi connectivity index (χ1) is 21.9. The maximum absolute atomic E-state index is 12.1. The maximum atomic E-state index is 12.1. The highest BCUT2D eigenvalue weighted by Crippen LogP contribution is 2.32. The van der Waals surface area contributed by atoms with Gasteiger partial charge in [-0.2, -0.15) is 0 Å². The zero-order valence-corrected chi connectivity index (χ0v) is 27.0. The highest BCUT2D eigenvalue weighted by molar-refractivity contribution is 5.73. The van der Waals surface area contributed by atoms with Gasteiger partial charge in [0, 0.05) is 55.4 Å². The van der Waals surface area contributed by atoms with E-state index in [2.05, 4.69) is 5.32 Å². The van der Waals surface area contributed by atoms with Crippen LogP contribution in [0.25, 0.3) is 0 Å². The van der Waals surface area contributed by atoms with E-state index >= 15 is 0 Å². The van der Waals surface area contributed by atoms with Crippen LogP contribution in [-0.4, -0.2) is 122 Å². The summed E-state index contributed by atoms with van der Waals surface area (Å²) in [6.07, 6.45) is -15.0. The second kappa shape index (κ2) is 17.5. The van der Waals surface area contributed by atoms with Gasteiger partial charge in [0.25, 0.3) is 0 Å². The summed E-state index contributed by atoms with van der Waals surface area (Å²) in [6, 6.07) is 0. The van der Waals surface area contributed by atoms with E-state index in [0.717, 1.165) is 55.4 Å². The first-order valence-corrected chi connectivity index (χ1v) is 14.3. The van der Waals surface area contributed by atoms with E-state index in [9.17, 15) is 38.4 Å². The number of esters is 7. The standard InChI is InChI=1S/C28H39NO18/c1-11(30)29-27-25(44-17(7)36)23(42-15(5)34)21(40-13(3)32)19(46-27)10-39-28-26(45-18(8)37)24(43-16(6)35)22(41-14(4)33)20(47-28)9-38-12(2)31/h19-28H,9-10H2,1-8H3,(H,29,30)/t19-,20-,21-,22+,23+,24+,25-,26-,27-,28-/m1/s1. The number of amides is 1. The fourth-order valence-corrected chi connectivity index (χ4v) is 4.86. The number of hydrogen-bond donors (Lipinski definition) is 1. The summed E-state index contributed by atoms with van der Waals surface area (Å²) in [5, 5.41) is 2.42. The lowest BCUT2D eigenvalue weighted by Gasteiger charge is -2.46. The third kappa shape index (κ3) is 12.1. The van der Waals surface area contributed by atoms with Crippen LogP contribution in [0.4, 0.5) is 0 Å². The predicted octanol–water partition coefficient (Wildman–Crippen LogP) is -1.26. The van der Waals surface area contributed by atoms with Crippen LogP contribution in [0, 0.1) is 0 Å². The fourth-order valence-electron chi connectivity index (χ4n) is 4.86. The maximum Gasteiger partial charge on any atom is 0.303 e. The van der Waals surface area contributed by atoms with Crippen molar-refractivity contribution in [3.8, 4) is 0 Å². The van der Waals surface area contributed by atoms with Crippen LogP contribution in [0.5, 0.6) is 0 Å². The van der Waals surface area contributed by atoms with Gasteiger partial charge in [-0.05, 0) is 0 Å². The largest absolute Gasteiger partial charge is 0.463 e. The number of carbonyl (C=O) groups excluding carboxylic acids is 8. The Morgan fingerprint density at radius 2 is 0.851 bits per heavy atom. The van der Waals surface area contributed by atoms with Gasteiger partial charge in [-0.15, -0.1) is 0 Å². The molecule has 47 heavy (non-hydrogen) atoms. The highest BCUT2D eigenvalue weighted by atomic mass is 16.7. The van der Waals surface area contributed by atoms with Crippen LogP contribution < -0.4 is 5.32 Å². The van der Waals surface area contributed by atoms with Crippen LogP contribution >= 0.6 is 0 Å². The lowest BCUT2D eigenvalue weighted by Crippen LogP contribution is -2.67. The molecule has 2 heterocycles. The van der Waals surface area contributed by atoms with Gasteiger partial charge in [-0.1, -0.05) is 0 Å². The SMILES string of the molecule is CC(=O)N[C@@H]1O[C@H](CO[C@@H]2O[C@H](COC(C)=O)[C@H](OC(C)=O)[C@H](OC(C)=O)[C@H]2OC(C)=O)[C@@H](OC(C)=O)[C@H](OC(C)=O)[C@H]1OC(C)=O. The van der Waals surface area contributed by atoms with Crippen molar-refractivity contribution >= 4 is 47.7 Å². The number of rotatable bonds is 12. The monoisotopic (exact) mass is 677 g/mol. The molecule has 0 saturated carbocycles. The first kappa shape index (κ1) is 38.8. The highest BCUT2D eigenvalue weighted by Gasteiger charge is 2.55. The van der Waals surface area contributed by atoms with Gasteiger partial charge in [0.15, 0.2) is 49.1 Å². The van der Waals surface area contributed by atoms with E-state index in [0.29, 0.717) is 0 Å². The summed E-state index contributed by atoms with van der Waals surface area (Å²) < 4.78 is 54.9. The summed E-state index contributed by atoms with van der Waals surface area (Å²) >= 11 is 0. The Labute approximate surface area is 269 Å². The van der Waals surface area contributed by atoms with Crippen molar-refractivity contribution in [3.63, 3.8) is 0 Å². The Morgan fingerprint density at radius 1 is 0.468 bits per heavy atom. The van der Waals surface area contributed by atoms with Crippen LogP contribution in [-0.2, 0) is 85.7 Å². The molecule has 0 unspecified atom stereocenters. The van der Waals surface area contributed by atoms with E-state index in [4.69, 9.17) is 47.4 Å². The van der Waals surface area contributed by atoms with Gasteiger partial charge < -0.3 is 52.7 Å². The zero-order valence-electron chi connectivity index (χ0n) is 27.0. The third-order valence-electron chi connectivity index (χ3n) is 6.26. The van der Waals surface area contributed by atoms with Crippen molar-refractivity contribution in [3.05, 3.63) is 0 Å². The molecule has 2 aliphatic rings. The molecule has 0 spiro atoms. The molecule has 264 valence electrons. The Hall–Kier alpha value is -4.36.